The molecule has 3 rings (SSSR count). The predicted molar refractivity (Wildman–Crippen MR) is 83.2 cm³/mol. The fraction of sp³-hybridized carbons (Fsp3) is 0.200. The number of benzene rings is 2. The molecule has 2 aromatic carbocycles. The summed E-state index contributed by atoms with van der Waals surface area (Å²) in [6, 6.07) is 10.4. The minimum atomic E-state index is -0.365. The van der Waals surface area contributed by atoms with E-state index < -0.39 is 0 Å². The topological polar surface area (TPSA) is 35.2 Å². The van der Waals surface area contributed by atoms with Crippen LogP contribution < -0.4 is 10.5 Å². The van der Waals surface area contributed by atoms with Crippen molar-refractivity contribution in [3.63, 3.8) is 0 Å². The van der Waals surface area contributed by atoms with Crippen LogP contribution >= 0.6 is 31.9 Å². The van der Waals surface area contributed by atoms with Crippen LogP contribution in [0.15, 0.2) is 45.3 Å². The molecule has 0 spiro atoms. The molecule has 2 N–H and O–H groups in total. The summed E-state index contributed by atoms with van der Waals surface area (Å²) in [6.07, 6.45) is 0.188. The van der Waals surface area contributed by atoms with E-state index in [9.17, 15) is 4.39 Å². The molecule has 2 atom stereocenters. The third-order valence-electron chi connectivity index (χ3n) is 3.41. The summed E-state index contributed by atoms with van der Waals surface area (Å²) >= 11 is 6.78. The van der Waals surface area contributed by atoms with E-state index in [1.165, 1.54) is 6.07 Å². The summed E-state index contributed by atoms with van der Waals surface area (Å²) < 4.78 is 21.7. The van der Waals surface area contributed by atoms with E-state index in [2.05, 4.69) is 31.9 Å². The first-order valence-electron chi connectivity index (χ1n) is 6.21. The normalized spacial score (nSPS) is 21.2. The van der Waals surface area contributed by atoms with Crippen LogP contribution in [-0.4, -0.2) is 0 Å². The van der Waals surface area contributed by atoms with Crippen LogP contribution in [-0.2, 0) is 0 Å². The van der Waals surface area contributed by atoms with Crippen molar-refractivity contribution in [2.45, 2.75) is 18.6 Å². The Kier molecular flexibility index (Phi) is 3.84. The third-order valence-corrected chi connectivity index (χ3v) is 4.40. The average molecular weight is 401 g/mol. The van der Waals surface area contributed by atoms with Gasteiger partial charge in [-0.05, 0) is 36.4 Å². The molecule has 1 aliphatic heterocycles. The molecule has 104 valence electrons. The smallest absolute Gasteiger partial charge is 0.130 e. The van der Waals surface area contributed by atoms with Gasteiger partial charge in [-0.3, -0.25) is 0 Å². The second kappa shape index (κ2) is 5.47. The SMILES string of the molecule is NC1CC(c2cc(Br)ccc2F)Oc2ccc(Br)cc21. The zero-order valence-corrected chi connectivity index (χ0v) is 13.6. The zero-order valence-electron chi connectivity index (χ0n) is 10.4. The van der Waals surface area contributed by atoms with Crippen LogP contribution in [0.4, 0.5) is 4.39 Å². The van der Waals surface area contributed by atoms with Crippen LogP contribution in [0, 0.1) is 5.82 Å². The van der Waals surface area contributed by atoms with Gasteiger partial charge in [0.1, 0.15) is 17.7 Å². The number of hydrogen-bond donors (Lipinski definition) is 1. The van der Waals surface area contributed by atoms with E-state index in [0.29, 0.717) is 12.0 Å². The summed E-state index contributed by atoms with van der Waals surface area (Å²) in [4.78, 5) is 0. The molecule has 2 aromatic rings. The Hall–Kier alpha value is -0.910. The van der Waals surface area contributed by atoms with Gasteiger partial charge in [0.2, 0.25) is 0 Å². The number of nitrogens with two attached hydrogens (primary N) is 1. The molecule has 0 amide bonds. The maximum atomic E-state index is 14.0. The van der Waals surface area contributed by atoms with Crippen molar-refractivity contribution in [1.82, 2.24) is 0 Å². The van der Waals surface area contributed by atoms with Crippen LogP contribution in [0.5, 0.6) is 5.75 Å². The summed E-state index contributed by atoms with van der Waals surface area (Å²) in [5, 5.41) is 0. The molecular weight excluding hydrogens is 389 g/mol. The molecule has 2 nitrogen and oxygen atoms in total. The van der Waals surface area contributed by atoms with Gasteiger partial charge >= 0.3 is 0 Å². The Balaban J connectivity index is 1.99. The third kappa shape index (κ3) is 2.62. The first-order chi connectivity index (χ1) is 9.54. The van der Waals surface area contributed by atoms with Gasteiger partial charge in [-0.15, -0.1) is 0 Å². The second-order valence-corrected chi connectivity index (χ2v) is 6.63. The molecule has 0 fully saturated rings. The lowest BCUT2D eigenvalue weighted by Crippen LogP contribution is -2.24. The second-order valence-electron chi connectivity index (χ2n) is 4.80. The lowest BCUT2D eigenvalue weighted by Gasteiger charge is -2.31. The number of hydrogen-bond acceptors (Lipinski definition) is 2. The minimum absolute atomic E-state index is 0.167. The van der Waals surface area contributed by atoms with Crippen molar-refractivity contribution < 1.29 is 9.13 Å². The first kappa shape index (κ1) is 14.0. The van der Waals surface area contributed by atoms with Gasteiger partial charge < -0.3 is 10.5 Å². The van der Waals surface area contributed by atoms with Crippen molar-refractivity contribution in [3.8, 4) is 5.75 Å². The number of rotatable bonds is 1. The van der Waals surface area contributed by atoms with Gasteiger partial charge in [0.05, 0.1) is 0 Å². The minimum Gasteiger partial charge on any atom is -0.485 e. The van der Waals surface area contributed by atoms with Crippen molar-refractivity contribution in [3.05, 3.63) is 62.3 Å². The van der Waals surface area contributed by atoms with Crippen molar-refractivity contribution in [1.29, 1.82) is 0 Å². The van der Waals surface area contributed by atoms with Crippen LogP contribution in [0.25, 0.3) is 0 Å². The molecule has 0 radical (unpaired) electrons. The van der Waals surface area contributed by atoms with Crippen molar-refractivity contribution in [2.75, 3.05) is 0 Å². The average Bonchev–Trinajstić information content (AvgIpc) is 2.42. The standard InChI is InChI=1S/C15H12Br2FNO/c16-8-1-3-12(18)10(5-8)15-7-13(19)11-6-9(17)2-4-14(11)20-15/h1-6,13,15H,7,19H2. The molecule has 1 heterocycles. The zero-order chi connectivity index (χ0) is 14.3. The van der Waals surface area contributed by atoms with Gasteiger partial charge in [-0.1, -0.05) is 31.9 Å². The van der Waals surface area contributed by atoms with Gasteiger partial charge in [-0.2, -0.15) is 0 Å². The number of fused-ring (bicyclic) bond motifs is 1. The number of ether oxygens (including phenoxy) is 1. The number of halogens is 3. The quantitative estimate of drug-likeness (QED) is 0.740. The fourth-order valence-electron chi connectivity index (χ4n) is 2.43. The Bertz CT molecular complexity index is 662. The monoisotopic (exact) mass is 399 g/mol. The highest BCUT2D eigenvalue weighted by Crippen LogP contribution is 2.41. The lowest BCUT2D eigenvalue weighted by molar-refractivity contribution is 0.157. The van der Waals surface area contributed by atoms with Crippen LogP contribution in [0.3, 0.4) is 0 Å². The fourth-order valence-corrected chi connectivity index (χ4v) is 3.18. The molecule has 5 heteroatoms. The van der Waals surface area contributed by atoms with Crippen molar-refractivity contribution >= 4 is 31.9 Å². The molecule has 20 heavy (non-hydrogen) atoms. The predicted octanol–water partition coefficient (Wildman–Crippen LogP) is 4.87. The molecule has 0 aromatic heterocycles. The summed E-state index contributed by atoms with van der Waals surface area (Å²) in [7, 11) is 0. The molecule has 0 bridgehead atoms. The lowest BCUT2D eigenvalue weighted by atomic mass is 9.93. The summed E-state index contributed by atoms with van der Waals surface area (Å²) in [5.74, 6) is 0.447. The summed E-state index contributed by atoms with van der Waals surface area (Å²) in [6.45, 7) is 0. The van der Waals surface area contributed by atoms with E-state index in [1.807, 2.05) is 18.2 Å². The Labute approximate surface area is 133 Å². The first-order valence-corrected chi connectivity index (χ1v) is 7.80. The molecule has 0 saturated carbocycles. The summed E-state index contributed by atoms with van der Waals surface area (Å²) in [5.41, 5.74) is 7.68. The molecule has 1 aliphatic rings. The van der Waals surface area contributed by atoms with E-state index in [1.54, 1.807) is 12.1 Å². The van der Waals surface area contributed by atoms with E-state index in [0.717, 1.165) is 20.3 Å². The molecule has 2 unspecified atom stereocenters. The maximum absolute atomic E-state index is 14.0. The highest BCUT2D eigenvalue weighted by atomic mass is 79.9. The van der Waals surface area contributed by atoms with Gasteiger partial charge in [-0.25, -0.2) is 4.39 Å². The Morgan fingerprint density at radius 3 is 2.45 bits per heavy atom. The maximum Gasteiger partial charge on any atom is 0.130 e. The van der Waals surface area contributed by atoms with E-state index in [-0.39, 0.29) is 18.0 Å². The molecule has 0 aliphatic carbocycles. The molecule has 0 saturated heterocycles. The van der Waals surface area contributed by atoms with Gasteiger partial charge in [0, 0.05) is 32.5 Å². The molecular formula is C15H12Br2FNO. The highest BCUT2D eigenvalue weighted by molar-refractivity contribution is 9.10. The Morgan fingerprint density at radius 1 is 1.05 bits per heavy atom. The van der Waals surface area contributed by atoms with Crippen LogP contribution in [0.1, 0.15) is 29.7 Å². The highest BCUT2D eigenvalue weighted by Gasteiger charge is 2.29. The van der Waals surface area contributed by atoms with Crippen molar-refractivity contribution in [2.24, 2.45) is 5.73 Å². The van der Waals surface area contributed by atoms with E-state index in [4.69, 9.17) is 10.5 Å². The largest absolute Gasteiger partial charge is 0.485 e. The Morgan fingerprint density at radius 2 is 1.70 bits per heavy atom. The van der Waals surface area contributed by atoms with Crippen LogP contribution in [0.2, 0.25) is 0 Å². The van der Waals surface area contributed by atoms with Gasteiger partial charge in [0.25, 0.3) is 0 Å². The van der Waals surface area contributed by atoms with Gasteiger partial charge in [0.15, 0.2) is 0 Å². The van der Waals surface area contributed by atoms with E-state index >= 15 is 0 Å².